The summed E-state index contributed by atoms with van der Waals surface area (Å²) in [4.78, 5) is 25.6. The molecule has 0 bridgehead atoms. The van der Waals surface area contributed by atoms with Gasteiger partial charge >= 0.3 is 18.5 Å². The Morgan fingerprint density at radius 2 is 0.878 bits per heavy atom. The van der Waals surface area contributed by atoms with Crippen LogP contribution < -0.4 is 10.6 Å². The van der Waals surface area contributed by atoms with E-state index in [4.69, 9.17) is 0 Å². The van der Waals surface area contributed by atoms with Crippen LogP contribution in [0.2, 0.25) is 0 Å². The molecule has 0 aliphatic heterocycles. The first-order chi connectivity index (χ1) is 22.4. The molecule has 0 aliphatic rings. The first kappa shape index (κ1) is 37.0. The molecular weight excluding hydrogens is 663 g/mol. The highest BCUT2D eigenvalue weighted by Crippen LogP contribution is 2.42. The third kappa shape index (κ3) is 7.76. The van der Waals surface area contributed by atoms with Gasteiger partial charge in [-0.05, 0) is 111 Å². The number of carbonyl (C=O) groups is 2. The van der Waals surface area contributed by atoms with Crippen molar-refractivity contribution in [1.82, 2.24) is 0 Å². The van der Waals surface area contributed by atoms with Crippen molar-refractivity contribution < 1.29 is 49.1 Å². The molecule has 2 amide bonds. The van der Waals surface area contributed by atoms with E-state index >= 15 is 0 Å². The number of hydrogen-bond donors (Lipinski definition) is 2. The summed E-state index contributed by atoms with van der Waals surface area (Å²) in [6, 6.07) is 16.8. The Morgan fingerprint density at radius 3 is 1.22 bits per heavy atom. The van der Waals surface area contributed by atoms with Gasteiger partial charge in [-0.25, -0.2) is 0 Å². The second-order valence-corrected chi connectivity index (χ2v) is 12.6. The predicted octanol–water partition coefficient (Wildman–Crippen LogP) is 10.9. The van der Waals surface area contributed by atoms with E-state index in [9.17, 15) is 49.1 Å². The van der Waals surface area contributed by atoms with Gasteiger partial charge in [0.2, 0.25) is 0 Å². The monoisotopic (exact) mass is 694 g/mol. The van der Waals surface area contributed by atoms with Crippen molar-refractivity contribution in [1.29, 1.82) is 0 Å². The number of anilines is 2. The van der Waals surface area contributed by atoms with Gasteiger partial charge in [0.25, 0.3) is 11.8 Å². The normalized spacial score (nSPS) is 12.9. The van der Waals surface area contributed by atoms with Gasteiger partial charge in [0.05, 0.1) is 16.4 Å². The number of nitrogens with one attached hydrogen (secondary N) is 2. The quantitative estimate of drug-likeness (QED) is 0.189. The third-order valence-corrected chi connectivity index (χ3v) is 8.51. The second kappa shape index (κ2) is 12.9. The largest absolute Gasteiger partial charge is 0.417 e. The van der Waals surface area contributed by atoms with E-state index in [0.717, 1.165) is 64.1 Å². The van der Waals surface area contributed by atoms with Crippen LogP contribution in [0.25, 0.3) is 11.1 Å². The molecule has 0 aliphatic carbocycles. The summed E-state index contributed by atoms with van der Waals surface area (Å²) in [7, 11) is 0. The van der Waals surface area contributed by atoms with Gasteiger partial charge in [0.15, 0.2) is 0 Å². The topological polar surface area (TPSA) is 58.2 Å². The fourth-order valence-corrected chi connectivity index (χ4v) is 4.95. The third-order valence-electron chi connectivity index (χ3n) is 8.51. The molecule has 0 fully saturated rings. The summed E-state index contributed by atoms with van der Waals surface area (Å²) < 4.78 is 123. The molecule has 2 N–H and O–H groups in total. The SMILES string of the molecule is Cc1cc(NC(=O)c2ccc(C(C)(C)C(F)(F)F)cc2)ccc1-c1ccc(NC(=O)c2ccc(C(C)(C)C(F)(F)F)cc2)cc1C(F)(F)F. The van der Waals surface area contributed by atoms with Crippen LogP contribution >= 0.6 is 0 Å². The second-order valence-electron chi connectivity index (χ2n) is 12.6. The van der Waals surface area contributed by atoms with Gasteiger partial charge < -0.3 is 10.6 Å². The van der Waals surface area contributed by atoms with E-state index in [1.54, 1.807) is 0 Å². The predicted molar refractivity (Wildman–Crippen MR) is 169 cm³/mol. The zero-order chi connectivity index (χ0) is 36.7. The summed E-state index contributed by atoms with van der Waals surface area (Å²) in [5, 5.41) is 4.94. The summed E-state index contributed by atoms with van der Waals surface area (Å²) in [5.74, 6) is -1.47. The number of alkyl halides is 9. The zero-order valence-electron chi connectivity index (χ0n) is 26.8. The molecule has 4 rings (SSSR count). The van der Waals surface area contributed by atoms with Crippen molar-refractivity contribution in [3.8, 4) is 11.1 Å². The minimum atomic E-state index is -4.85. The molecular formula is C36H31F9N2O2. The highest BCUT2D eigenvalue weighted by molar-refractivity contribution is 6.05. The number of aryl methyl sites for hydroxylation is 1. The lowest BCUT2D eigenvalue weighted by Gasteiger charge is -2.28. The van der Waals surface area contributed by atoms with Crippen molar-refractivity contribution >= 4 is 23.2 Å². The fraction of sp³-hybridized carbons (Fsp3) is 0.278. The minimum absolute atomic E-state index is 0.0366. The Labute approximate surface area is 276 Å². The van der Waals surface area contributed by atoms with Crippen LogP contribution in [0.4, 0.5) is 50.9 Å². The molecule has 4 aromatic carbocycles. The van der Waals surface area contributed by atoms with E-state index in [2.05, 4.69) is 10.6 Å². The minimum Gasteiger partial charge on any atom is -0.322 e. The molecule has 260 valence electrons. The van der Waals surface area contributed by atoms with Crippen molar-refractivity contribution in [3.05, 3.63) is 118 Å². The lowest BCUT2D eigenvalue weighted by molar-refractivity contribution is -0.180. The smallest absolute Gasteiger partial charge is 0.322 e. The summed E-state index contributed by atoms with van der Waals surface area (Å²) in [6.45, 7) is 5.54. The molecule has 0 radical (unpaired) electrons. The van der Waals surface area contributed by atoms with Crippen LogP contribution in [0, 0.1) is 6.92 Å². The van der Waals surface area contributed by atoms with Crippen LogP contribution in [0.15, 0.2) is 84.9 Å². The van der Waals surface area contributed by atoms with Crippen molar-refractivity contribution in [2.45, 2.75) is 64.0 Å². The van der Waals surface area contributed by atoms with E-state index in [0.29, 0.717) is 5.56 Å². The number of halogens is 9. The van der Waals surface area contributed by atoms with Gasteiger partial charge in [-0.3, -0.25) is 9.59 Å². The maximum Gasteiger partial charge on any atom is 0.417 e. The molecule has 0 aromatic heterocycles. The summed E-state index contributed by atoms with van der Waals surface area (Å²) in [5.41, 5.74) is -5.19. The highest BCUT2D eigenvalue weighted by atomic mass is 19.4. The van der Waals surface area contributed by atoms with Crippen molar-refractivity contribution in [2.75, 3.05) is 10.6 Å². The van der Waals surface area contributed by atoms with Crippen LogP contribution in [-0.4, -0.2) is 24.2 Å². The molecule has 4 aromatic rings. The Kier molecular flexibility index (Phi) is 9.75. The molecule has 4 nitrogen and oxygen atoms in total. The fourth-order valence-electron chi connectivity index (χ4n) is 4.95. The average Bonchev–Trinajstić information content (AvgIpc) is 3.00. The van der Waals surface area contributed by atoms with Gasteiger partial charge in [0.1, 0.15) is 0 Å². The summed E-state index contributed by atoms with van der Waals surface area (Å²) >= 11 is 0. The van der Waals surface area contributed by atoms with Gasteiger partial charge in [-0.2, -0.15) is 39.5 Å². The number of carbonyl (C=O) groups excluding carboxylic acids is 2. The van der Waals surface area contributed by atoms with Crippen LogP contribution in [0.3, 0.4) is 0 Å². The first-order valence-electron chi connectivity index (χ1n) is 14.7. The lowest BCUT2D eigenvalue weighted by Crippen LogP contribution is -2.36. The van der Waals surface area contributed by atoms with Crippen LogP contribution in [0.1, 0.15) is 70.7 Å². The standard InChI is InChI=1S/C36H31F9N2O2/c1-20-18-25(46-30(48)21-6-10-23(11-7-21)32(2,3)35(40,41)42)14-16-27(20)28-17-15-26(19-29(28)34(37,38)39)47-31(49)22-8-12-24(13-9-22)33(4,5)36(43,44)45/h6-19H,1-5H3,(H,46,48)(H,47,49). The molecule has 13 heteroatoms. The van der Waals surface area contributed by atoms with Crippen molar-refractivity contribution in [2.24, 2.45) is 0 Å². The summed E-state index contributed by atoms with van der Waals surface area (Å²) in [6.07, 6.45) is -13.9. The van der Waals surface area contributed by atoms with Crippen molar-refractivity contribution in [3.63, 3.8) is 0 Å². The Balaban J connectivity index is 1.54. The number of hydrogen-bond acceptors (Lipinski definition) is 2. The molecule has 0 atom stereocenters. The number of amides is 2. The van der Waals surface area contributed by atoms with Crippen LogP contribution in [0.5, 0.6) is 0 Å². The van der Waals surface area contributed by atoms with Gasteiger partial charge in [0, 0.05) is 22.5 Å². The van der Waals surface area contributed by atoms with E-state index in [1.807, 2.05) is 0 Å². The Hall–Kier alpha value is -4.81. The lowest BCUT2D eigenvalue weighted by atomic mass is 9.83. The zero-order valence-corrected chi connectivity index (χ0v) is 26.8. The maximum absolute atomic E-state index is 14.2. The molecule has 0 saturated heterocycles. The van der Waals surface area contributed by atoms with Gasteiger partial charge in [-0.1, -0.05) is 36.4 Å². The highest BCUT2D eigenvalue weighted by Gasteiger charge is 2.49. The van der Waals surface area contributed by atoms with Gasteiger partial charge in [-0.15, -0.1) is 0 Å². The molecule has 49 heavy (non-hydrogen) atoms. The first-order valence-corrected chi connectivity index (χ1v) is 14.7. The average molecular weight is 695 g/mol. The Bertz CT molecular complexity index is 1850. The van der Waals surface area contributed by atoms with E-state index in [-0.39, 0.29) is 44.8 Å². The van der Waals surface area contributed by atoms with Crippen LogP contribution in [-0.2, 0) is 17.0 Å². The molecule has 0 unspecified atom stereocenters. The molecule has 0 heterocycles. The number of benzene rings is 4. The van der Waals surface area contributed by atoms with E-state index < -0.39 is 46.7 Å². The molecule has 0 spiro atoms. The molecule has 0 saturated carbocycles. The number of rotatable bonds is 7. The Morgan fingerprint density at radius 1 is 0.510 bits per heavy atom. The maximum atomic E-state index is 14.2. The van der Waals surface area contributed by atoms with E-state index in [1.165, 1.54) is 55.5 Å².